The van der Waals surface area contributed by atoms with Gasteiger partial charge < -0.3 is 4.57 Å². The maximum absolute atomic E-state index is 11.6. The first-order valence-corrected chi connectivity index (χ1v) is 6.80. The third-order valence-corrected chi connectivity index (χ3v) is 4.22. The van der Waals surface area contributed by atoms with Crippen LogP contribution in [0.15, 0.2) is 17.2 Å². The molecule has 15 heavy (non-hydrogen) atoms. The summed E-state index contributed by atoms with van der Waals surface area (Å²) in [6.07, 6.45) is 3.89. The molecule has 0 radical (unpaired) electrons. The number of rotatable bonds is 4. The third-order valence-electron chi connectivity index (χ3n) is 2.56. The predicted octanol–water partition coefficient (Wildman–Crippen LogP) is 1.47. The summed E-state index contributed by atoms with van der Waals surface area (Å²) in [5.74, 6) is 0.343. The molecule has 1 fully saturated rings. The van der Waals surface area contributed by atoms with Gasteiger partial charge in [0.25, 0.3) is 0 Å². The van der Waals surface area contributed by atoms with Gasteiger partial charge in [0.1, 0.15) is 0 Å². The Balaban J connectivity index is 2.42. The van der Waals surface area contributed by atoms with Gasteiger partial charge in [-0.3, -0.25) is 0 Å². The smallest absolute Gasteiger partial charge is 0.241 e. The second-order valence-corrected chi connectivity index (χ2v) is 5.80. The van der Waals surface area contributed by atoms with Crippen molar-refractivity contribution in [1.82, 2.24) is 9.29 Å². The van der Waals surface area contributed by atoms with Crippen LogP contribution in [0.5, 0.6) is 0 Å². The summed E-state index contributed by atoms with van der Waals surface area (Å²) < 4.78 is 27.4. The highest BCUT2D eigenvalue weighted by molar-refractivity contribution is 7.89. The Bertz CT molecular complexity index is 462. The second-order valence-electron chi connectivity index (χ2n) is 3.65. The van der Waals surface area contributed by atoms with Crippen LogP contribution in [0.25, 0.3) is 0 Å². The molecule has 1 aromatic rings. The number of halogens is 1. The minimum absolute atomic E-state index is 0.299. The number of aromatic nitrogens is 1. The number of nitrogens with zero attached hydrogens (tertiary/aromatic N) is 1. The largest absolute Gasteiger partial charge is 0.346 e. The Kier molecular flexibility index (Phi) is 2.79. The van der Waals surface area contributed by atoms with Gasteiger partial charge in [0.2, 0.25) is 10.0 Å². The molecule has 0 atom stereocenters. The Hall–Kier alpha value is -0.520. The lowest BCUT2D eigenvalue weighted by Crippen LogP contribution is -2.17. The van der Waals surface area contributed by atoms with E-state index in [4.69, 9.17) is 11.6 Å². The monoisotopic (exact) mass is 248 g/mol. The Morgan fingerprint density at radius 2 is 2.27 bits per heavy atom. The highest BCUT2D eigenvalue weighted by Crippen LogP contribution is 2.37. The van der Waals surface area contributed by atoms with Crippen molar-refractivity contribution in [3.05, 3.63) is 18.0 Å². The lowest BCUT2D eigenvalue weighted by molar-refractivity contribution is 0.587. The first-order valence-electron chi connectivity index (χ1n) is 4.78. The molecule has 0 bridgehead atoms. The minimum Gasteiger partial charge on any atom is -0.346 e. The maximum atomic E-state index is 11.6. The topological polar surface area (TPSA) is 51.1 Å². The van der Waals surface area contributed by atoms with E-state index in [0.29, 0.717) is 16.8 Å². The lowest BCUT2D eigenvalue weighted by atomic mass is 10.5. The van der Waals surface area contributed by atoms with Gasteiger partial charge in [-0.25, -0.2) is 13.1 Å². The standard InChI is InChI=1S/C9H13ClN2O2S/c1-11-15(13,14)9-4-8(5-10)12(6-9)7-2-3-7/h4,6-7,11H,2-3,5H2,1H3. The highest BCUT2D eigenvalue weighted by Gasteiger charge is 2.27. The average molecular weight is 249 g/mol. The fourth-order valence-electron chi connectivity index (χ4n) is 1.56. The van der Waals surface area contributed by atoms with Gasteiger partial charge in [-0.15, -0.1) is 11.6 Å². The van der Waals surface area contributed by atoms with Gasteiger partial charge in [0.15, 0.2) is 0 Å². The molecule has 1 aliphatic carbocycles. The van der Waals surface area contributed by atoms with Crippen molar-refractivity contribution in [2.24, 2.45) is 0 Å². The first-order chi connectivity index (χ1) is 7.08. The quantitative estimate of drug-likeness (QED) is 0.821. The van der Waals surface area contributed by atoms with E-state index in [2.05, 4.69) is 4.72 Å². The zero-order valence-electron chi connectivity index (χ0n) is 8.40. The summed E-state index contributed by atoms with van der Waals surface area (Å²) in [6.45, 7) is 0. The highest BCUT2D eigenvalue weighted by atomic mass is 35.5. The maximum Gasteiger partial charge on any atom is 0.241 e. The molecule has 1 heterocycles. The molecule has 0 aromatic carbocycles. The van der Waals surface area contributed by atoms with E-state index in [1.165, 1.54) is 7.05 Å². The third kappa shape index (κ3) is 2.04. The number of hydrogen-bond acceptors (Lipinski definition) is 2. The Morgan fingerprint density at radius 3 is 2.73 bits per heavy atom. The summed E-state index contributed by atoms with van der Waals surface area (Å²) in [6, 6.07) is 2.08. The molecule has 2 rings (SSSR count). The van der Waals surface area contributed by atoms with Gasteiger partial charge in [0.05, 0.1) is 10.8 Å². The summed E-state index contributed by atoms with van der Waals surface area (Å²) in [5.41, 5.74) is 0.869. The molecule has 0 aliphatic heterocycles. The molecule has 0 unspecified atom stereocenters. The van der Waals surface area contributed by atoms with Crippen molar-refractivity contribution >= 4 is 21.6 Å². The molecule has 1 N–H and O–H groups in total. The van der Waals surface area contributed by atoms with E-state index in [1.807, 2.05) is 4.57 Å². The summed E-state index contributed by atoms with van der Waals surface area (Å²) in [7, 11) is -1.94. The normalized spacial score (nSPS) is 16.9. The Morgan fingerprint density at radius 1 is 1.60 bits per heavy atom. The number of nitrogens with one attached hydrogen (secondary N) is 1. The van der Waals surface area contributed by atoms with Gasteiger partial charge in [-0.1, -0.05) is 0 Å². The molecule has 84 valence electrons. The molecular formula is C9H13ClN2O2S. The van der Waals surface area contributed by atoms with E-state index in [0.717, 1.165) is 18.5 Å². The number of sulfonamides is 1. The minimum atomic E-state index is -3.35. The number of alkyl halides is 1. The summed E-state index contributed by atoms with van der Waals surface area (Å²) >= 11 is 5.77. The first kappa shape index (κ1) is 11.0. The van der Waals surface area contributed by atoms with Gasteiger partial charge in [-0.05, 0) is 26.0 Å². The van der Waals surface area contributed by atoms with Crippen molar-refractivity contribution in [2.75, 3.05) is 7.05 Å². The number of hydrogen-bond donors (Lipinski definition) is 1. The molecule has 0 saturated heterocycles. The Labute approximate surface area is 94.3 Å². The molecule has 1 aromatic heterocycles. The molecule has 1 saturated carbocycles. The van der Waals surface area contributed by atoms with E-state index >= 15 is 0 Å². The average Bonchev–Trinajstić information content (AvgIpc) is 2.97. The van der Waals surface area contributed by atoms with Crippen LogP contribution in [0.4, 0.5) is 0 Å². The summed E-state index contributed by atoms with van der Waals surface area (Å²) in [4.78, 5) is 0.299. The fraction of sp³-hybridized carbons (Fsp3) is 0.556. The van der Waals surface area contributed by atoms with Crippen molar-refractivity contribution < 1.29 is 8.42 Å². The molecule has 0 amide bonds. The zero-order chi connectivity index (χ0) is 11.1. The van der Waals surface area contributed by atoms with Crippen LogP contribution in [0, 0.1) is 0 Å². The van der Waals surface area contributed by atoms with Crippen LogP contribution in [-0.4, -0.2) is 20.0 Å². The molecule has 4 nitrogen and oxygen atoms in total. The van der Waals surface area contributed by atoms with Crippen molar-refractivity contribution in [1.29, 1.82) is 0 Å². The second kappa shape index (κ2) is 3.81. The van der Waals surface area contributed by atoms with Crippen molar-refractivity contribution in [3.63, 3.8) is 0 Å². The van der Waals surface area contributed by atoms with E-state index in [-0.39, 0.29) is 0 Å². The zero-order valence-corrected chi connectivity index (χ0v) is 9.98. The van der Waals surface area contributed by atoms with Crippen LogP contribution < -0.4 is 4.72 Å². The van der Waals surface area contributed by atoms with Crippen LogP contribution in [0.1, 0.15) is 24.6 Å². The predicted molar refractivity (Wildman–Crippen MR) is 58.5 cm³/mol. The van der Waals surface area contributed by atoms with Crippen LogP contribution in [0.3, 0.4) is 0 Å². The molecule has 1 aliphatic rings. The van der Waals surface area contributed by atoms with Gasteiger partial charge >= 0.3 is 0 Å². The summed E-state index contributed by atoms with van der Waals surface area (Å²) in [5, 5.41) is 0. The molecule has 6 heteroatoms. The van der Waals surface area contributed by atoms with Gasteiger partial charge in [0, 0.05) is 17.9 Å². The molecular weight excluding hydrogens is 236 g/mol. The van der Waals surface area contributed by atoms with Crippen LogP contribution in [-0.2, 0) is 15.9 Å². The van der Waals surface area contributed by atoms with E-state index < -0.39 is 10.0 Å². The van der Waals surface area contributed by atoms with Crippen LogP contribution >= 0.6 is 11.6 Å². The van der Waals surface area contributed by atoms with E-state index in [9.17, 15) is 8.42 Å². The van der Waals surface area contributed by atoms with Gasteiger partial charge in [-0.2, -0.15) is 0 Å². The molecule has 0 spiro atoms. The van der Waals surface area contributed by atoms with E-state index in [1.54, 1.807) is 12.3 Å². The van der Waals surface area contributed by atoms with Crippen molar-refractivity contribution in [3.8, 4) is 0 Å². The van der Waals surface area contributed by atoms with Crippen LogP contribution in [0.2, 0.25) is 0 Å². The SMILES string of the molecule is CNS(=O)(=O)c1cc(CCl)n(C2CC2)c1. The fourth-order valence-corrected chi connectivity index (χ4v) is 2.56. The van der Waals surface area contributed by atoms with Crippen molar-refractivity contribution in [2.45, 2.75) is 29.7 Å². The lowest BCUT2D eigenvalue weighted by Gasteiger charge is -2.02.